The lowest BCUT2D eigenvalue weighted by Gasteiger charge is -2.18. The fourth-order valence-corrected chi connectivity index (χ4v) is 1.46. The van der Waals surface area contributed by atoms with Gasteiger partial charge in [-0.2, -0.15) is 0 Å². The summed E-state index contributed by atoms with van der Waals surface area (Å²) >= 11 is 0. The minimum atomic E-state index is -1.07. The zero-order valence-electron chi connectivity index (χ0n) is 11.9. The average molecular weight is 286 g/mol. The van der Waals surface area contributed by atoms with Crippen LogP contribution in [-0.2, 0) is 14.4 Å². The Kier molecular flexibility index (Phi) is 7.95. The molecule has 2 amide bonds. The molecule has 0 fully saturated rings. The number of guanidine groups is 1. The van der Waals surface area contributed by atoms with Gasteiger partial charge in [-0.25, -0.2) is 4.79 Å². The normalized spacial score (nSPS) is 11.6. The molecule has 114 valence electrons. The third-order valence-corrected chi connectivity index (χ3v) is 2.31. The highest BCUT2D eigenvalue weighted by atomic mass is 16.4. The Morgan fingerprint density at radius 3 is 2.30 bits per heavy atom. The van der Waals surface area contributed by atoms with Crippen LogP contribution in [0.1, 0.15) is 33.6 Å². The summed E-state index contributed by atoms with van der Waals surface area (Å²) in [5.41, 5.74) is 0. The first-order chi connectivity index (χ1) is 9.22. The Labute approximate surface area is 117 Å². The molecule has 0 aliphatic rings. The van der Waals surface area contributed by atoms with Crippen LogP contribution in [0.5, 0.6) is 0 Å². The molecule has 0 heterocycles. The van der Waals surface area contributed by atoms with Gasteiger partial charge in [0.05, 0.1) is 0 Å². The summed E-state index contributed by atoms with van der Waals surface area (Å²) in [6, 6.07) is -0.918. The number of carboxylic acids is 1. The molecule has 0 aliphatic heterocycles. The van der Waals surface area contributed by atoms with Crippen LogP contribution >= 0.6 is 0 Å². The third-order valence-electron chi connectivity index (χ3n) is 2.31. The zero-order chi connectivity index (χ0) is 15.7. The average Bonchev–Trinajstić information content (AvgIpc) is 2.26. The van der Waals surface area contributed by atoms with Crippen molar-refractivity contribution >= 4 is 23.7 Å². The second-order valence-corrected chi connectivity index (χ2v) is 4.82. The Morgan fingerprint density at radius 1 is 1.25 bits per heavy atom. The first kappa shape index (κ1) is 17.9. The van der Waals surface area contributed by atoms with Gasteiger partial charge in [0.25, 0.3) is 0 Å². The summed E-state index contributed by atoms with van der Waals surface area (Å²) in [4.78, 5) is 33.0. The van der Waals surface area contributed by atoms with Crippen LogP contribution in [0.4, 0.5) is 0 Å². The number of carbonyl (C=O) groups excluding carboxylic acids is 2. The topological polar surface area (TPSA) is 131 Å². The molecule has 0 radical (unpaired) electrons. The van der Waals surface area contributed by atoms with Crippen molar-refractivity contribution in [2.24, 2.45) is 5.92 Å². The van der Waals surface area contributed by atoms with E-state index in [4.69, 9.17) is 10.5 Å². The molecule has 0 saturated heterocycles. The van der Waals surface area contributed by atoms with E-state index >= 15 is 0 Å². The highest BCUT2D eigenvalue weighted by Crippen LogP contribution is 2.04. The number of carbonyl (C=O) groups is 3. The van der Waals surface area contributed by atoms with E-state index in [2.05, 4.69) is 16.0 Å². The molecule has 1 atom stereocenters. The van der Waals surface area contributed by atoms with Crippen molar-refractivity contribution in [3.8, 4) is 0 Å². The van der Waals surface area contributed by atoms with Crippen molar-refractivity contribution in [2.75, 3.05) is 6.54 Å². The van der Waals surface area contributed by atoms with Crippen LogP contribution < -0.4 is 16.0 Å². The largest absolute Gasteiger partial charge is 0.480 e. The van der Waals surface area contributed by atoms with Crippen LogP contribution in [0.2, 0.25) is 0 Å². The van der Waals surface area contributed by atoms with Crippen molar-refractivity contribution in [3.05, 3.63) is 0 Å². The molecule has 0 rings (SSSR count). The maximum Gasteiger partial charge on any atom is 0.326 e. The van der Waals surface area contributed by atoms with E-state index in [1.807, 2.05) is 13.8 Å². The minimum Gasteiger partial charge on any atom is -0.480 e. The molecular weight excluding hydrogens is 264 g/mol. The molecule has 0 aliphatic carbocycles. The van der Waals surface area contributed by atoms with Crippen LogP contribution in [-0.4, -0.2) is 41.4 Å². The molecule has 20 heavy (non-hydrogen) atoms. The summed E-state index contributed by atoms with van der Waals surface area (Å²) in [5, 5.41) is 23.6. The van der Waals surface area contributed by atoms with Crippen molar-refractivity contribution in [2.45, 2.75) is 39.7 Å². The SMILES string of the molecule is CC(=O)NCCC(=O)NC(=N)N[C@@H](CC(C)C)C(=O)O. The summed E-state index contributed by atoms with van der Waals surface area (Å²) in [7, 11) is 0. The minimum absolute atomic E-state index is 0.0194. The van der Waals surface area contributed by atoms with Crippen molar-refractivity contribution in [1.29, 1.82) is 5.41 Å². The second-order valence-electron chi connectivity index (χ2n) is 4.82. The maximum absolute atomic E-state index is 11.4. The predicted octanol–water partition coefficient (Wildman–Crippen LogP) is -0.348. The number of hydrogen-bond donors (Lipinski definition) is 5. The summed E-state index contributed by atoms with van der Waals surface area (Å²) in [6.07, 6.45) is 0.366. The molecule has 8 heteroatoms. The van der Waals surface area contributed by atoms with Crippen molar-refractivity contribution in [3.63, 3.8) is 0 Å². The molecule has 0 unspecified atom stereocenters. The van der Waals surface area contributed by atoms with Crippen LogP contribution in [0.25, 0.3) is 0 Å². The fraction of sp³-hybridized carbons (Fsp3) is 0.667. The second kappa shape index (κ2) is 8.89. The Bertz CT molecular complexity index is 382. The van der Waals surface area contributed by atoms with E-state index in [0.717, 1.165) is 0 Å². The third kappa shape index (κ3) is 8.90. The number of hydrogen-bond acceptors (Lipinski definition) is 4. The first-order valence-electron chi connectivity index (χ1n) is 6.34. The number of carboxylic acid groups (broad SMARTS) is 1. The Hall–Kier alpha value is -2.12. The monoisotopic (exact) mass is 286 g/mol. The molecule has 0 aromatic rings. The van der Waals surface area contributed by atoms with Gasteiger partial charge in [-0.1, -0.05) is 13.8 Å². The molecule has 0 aromatic carbocycles. The van der Waals surface area contributed by atoms with Gasteiger partial charge in [-0.15, -0.1) is 0 Å². The van der Waals surface area contributed by atoms with Gasteiger partial charge in [0.15, 0.2) is 5.96 Å². The van der Waals surface area contributed by atoms with E-state index < -0.39 is 17.9 Å². The fourth-order valence-electron chi connectivity index (χ4n) is 1.46. The standard InChI is InChI=1S/C12H22N4O4/c1-7(2)6-9(11(19)20)15-12(13)16-10(18)4-5-14-8(3)17/h7,9H,4-6H2,1-3H3,(H,14,17)(H,19,20)(H3,13,15,16,18)/t9-/m0/s1. The van der Waals surface area contributed by atoms with E-state index in [1.165, 1.54) is 6.92 Å². The van der Waals surface area contributed by atoms with E-state index in [-0.39, 0.29) is 30.8 Å². The highest BCUT2D eigenvalue weighted by Gasteiger charge is 2.20. The number of nitrogens with one attached hydrogen (secondary N) is 4. The number of amides is 2. The van der Waals surface area contributed by atoms with Crippen LogP contribution in [0.15, 0.2) is 0 Å². The molecule has 5 N–H and O–H groups in total. The van der Waals surface area contributed by atoms with Gasteiger partial charge in [0.2, 0.25) is 11.8 Å². The van der Waals surface area contributed by atoms with Gasteiger partial charge in [0.1, 0.15) is 6.04 Å². The van der Waals surface area contributed by atoms with E-state index in [9.17, 15) is 14.4 Å². The lowest BCUT2D eigenvalue weighted by atomic mass is 10.0. The first-order valence-corrected chi connectivity index (χ1v) is 6.34. The highest BCUT2D eigenvalue weighted by molar-refractivity contribution is 5.97. The van der Waals surface area contributed by atoms with Gasteiger partial charge in [0, 0.05) is 19.9 Å². The zero-order valence-corrected chi connectivity index (χ0v) is 11.9. The predicted molar refractivity (Wildman–Crippen MR) is 73.2 cm³/mol. The Morgan fingerprint density at radius 2 is 1.85 bits per heavy atom. The molecule has 8 nitrogen and oxygen atoms in total. The molecule has 0 saturated carbocycles. The lowest BCUT2D eigenvalue weighted by Crippen LogP contribution is -2.49. The summed E-state index contributed by atoms with van der Waals surface area (Å²) in [6.45, 7) is 5.24. The van der Waals surface area contributed by atoms with Gasteiger partial charge < -0.3 is 15.7 Å². The van der Waals surface area contributed by atoms with Gasteiger partial charge >= 0.3 is 5.97 Å². The summed E-state index contributed by atoms with van der Waals surface area (Å²) < 4.78 is 0. The van der Waals surface area contributed by atoms with E-state index in [0.29, 0.717) is 6.42 Å². The van der Waals surface area contributed by atoms with Gasteiger partial charge in [-0.3, -0.25) is 20.3 Å². The van der Waals surface area contributed by atoms with E-state index in [1.54, 1.807) is 0 Å². The number of rotatable bonds is 7. The summed E-state index contributed by atoms with van der Waals surface area (Å²) in [5.74, 6) is -1.99. The molecule has 0 spiro atoms. The van der Waals surface area contributed by atoms with Gasteiger partial charge in [-0.05, 0) is 12.3 Å². The smallest absolute Gasteiger partial charge is 0.326 e. The molecule has 0 aromatic heterocycles. The molecular formula is C12H22N4O4. The maximum atomic E-state index is 11.4. The Balaban J connectivity index is 4.15. The van der Waals surface area contributed by atoms with Crippen LogP contribution in [0.3, 0.4) is 0 Å². The van der Waals surface area contributed by atoms with Crippen molar-refractivity contribution in [1.82, 2.24) is 16.0 Å². The van der Waals surface area contributed by atoms with Crippen LogP contribution in [0, 0.1) is 11.3 Å². The molecule has 0 bridgehead atoms. The number of aliphatic carboxylic acids is 1. The lowest BCUT2D eigenvalue weighted by molar-refractivity contribution is -0.139. The van der Waals surface area contributed by atoms with Crippen molar-refractivity contribution < 1.29 is 19.5 Å². The quantitative estimate of drug-likeness (QED) is 0.322.